The lowest BCUT2D eigenvalue weighted by molar-refractivity contribution is -0.138. The van der Waals surface area contributed by atoms with E-state index in [-0.39, 0.29) is 5.54 Å². The summed E-state index contributed by atoms with van der Waals surface area (Å²) in [7, 11) is 0. The van der Waals surface area contributed by atoms with Gasteiger partial charge in [0.1, 0.15) is 6.04 Å². The third-order valence-electron chi connectivity index (χ3n) is 6.03. The maximum Gasteiger partial charge on any atom is 0.326 e. The number of hydrogen-bond donors (Lipinski definition) is 3. The van der Waals surface area contributed by atoms with Crippen molar-refractivity contribution in [3.8, 4) is 0 Å². The van der Waals surface area contributed by atoms with Gasteiger partial charge < -0.3 is 20.6 Å². The van der Waals surface area contributed by atoms with Gasteiger partial charge in [0.25, 0.3) is 0 Å². The summed E-state index contributed by atoms with van der Waals surface area (Å²) in [5.41, 5.74) is 5.06. The summed E-state index contributed by atoms with van der Waals surface area (Å²) < 4.78 is 0. The van der Waals surface area contributed by atoms with E-state index in [1.165, 1.54) is 24.0 Å². The van der Waals surface area contributed by atoms with Crippen molar-refractivity contribution in [1.82, 2.24) is 5.32 Å². The first-order valence-electron chi connectivity index (χ1n) is 9.22. The average Bonchev–Trinajstić information content (AvgIpc) is 2.59. The van der Waals surface area contributed by atoms with Crippen molar-refractivity contribution in [2.45, 2.75) is 57.0 Å². The van der Waals surface area contributed by atoms with Gasteiger partial charge in [0.05, 0.1) is 16.9 Å². The molecule has 0 bridgehead atoms. The summed E-state index contributed by atoms with van der Waals surface area (Å²) in [6.07, 6.45) is 6.83. The molecule has 1 saturated heterocycles. The summed E-state index contributed by atoms with van der Waals surface area (Å²) in [4.78, 5) is 13.8. The Balaban J connectivity index is 1.77. The molecule has 2 heterocycles. The van der Waals surface area contributed by atoms with Crippen LogP contribution in [0.25, 0.3) is 0 Å². The number of hydrogen-bond acceptors (Lipinski definition) is 4. The van der Waals surface area contributed by atoms with Crippen LogP contribution in [0.1, 0.15) is 43.7 Å². The first-order valence-corrected chi connectivity index (χ1v) is 9.22. The minimum absolute atomic E-state index is 0.00906. The molecule has 5 heteroatoms. The van der Waals surface area contributed by atoms with E-state index in [4.69, 9.17) is 0 Å². The molecule has 130 valence electrons. The van der Waals surface area contributed by atoms with Gasteiger partial charge >= 0.3 is 5.97 Å². The standard InChI is InChI=1S/C19H27N3O2/c1-13(18(23)24)22-12-19(6-8-20-9-7-19)21-16-10-14-4-2-3-5-15(14)11-17(16)22/h10-11,13,20-21H,2-9,12H2,1H3,(H,23,24). The number of aryl methyl sites for hydroxylation is 2. The van der Waals surface area contributed by atoms with Gasteiger partial charge in [-0.2, -0.15) is 0 Å². The van der Waals surface area contributed by atoms with Crippen molar-refractivity contribution in [3.63, 3.8) is 0 Å². The minimum Gasteiger partial charge on any atom is -0.480 e. The second-order valence-corrected chi connectivity index (χ2v) is 7.64. The molecule has 24 heavy (non-hydrogen) atoms. The zero-order valence-corrected chi connectivity index (χ0v) is 14.4. The van der Waals surface area contributed by atoms with E-state index in [9.17, 15) is 9.90 Å². The lowest BCUT2D eigenvalue weighted by Gasteiger charge is -2.49. The molecule has 0 aromatic heterocycles. The van der Waals surface area contributed by atoms with Crippen molar-refractivity contribution in [2.24, 2.45) is 0 Å². The molecule has 1 aromatic carbocycles. The SMILES string of the molecule is CC(C(=O)O)N1CC2(CCNCC2)Nc2cc3c(cc21)CCCC3. The number of nitrogens with one attached hydrogen (secondary N) is 2. The van der Waals surface area contributed by atoms with Crippen molar-refractivity contribution < 1.29 is 9.90 Å². The normalized spacial score (nSPS) is 23.1. The first kappa shape index (κ1) is 15.8. The first-order chi connectivity index (χ1) is 11.6. The van der Waals surface area contributed by atoms with Gasteiger partial charge in [-0.25, -0.2) is 4.79 Å². The maximum absolute atomic E-state index is 11.7. The molecule has 0 radical (unpaired) electrons. The van der Waals surface area contributed by atoms with Crippen LogP contribution >= 0.6 is 0 Å². The van der Waals surface area contributed by atoms with E-state index in [0.29, 0.717) is 0 Å². The molecule has 0 amide bonds. The molecule has 1 spiro atoms. The number of anilines is 2. The van der Waals surface area contributed by atoms with Crippen LogP contribution in [0, 0.1) is 0 Å². The molecule has 2 aliphatic heterocycles. The predicted molar refractivity (Wildman–Crippen MR) is 96.0 cm³/mol. The van der Waals surface area contributed by atoms with Gasteiger partial charge in [0.2, 0.25) is 0 Å². The average molecular weight is 329 g/mol. The highest BCUT2D eigenvalue weighted by atomic mass is 16.4. The van der Waals surface area contributed by atoms with E-state index in [2.05, 4.69) is 27.7 Å². The van der Waals surface area contributed by atoms with Crippen LogP contribution in [0.15, 0.2) is 12.1 Å². The van der Waals surface area contributed by atoms with Gasteiger partial charge in [0, 0.05) is 6.54 Å². The number of nitrogens with zero attached hydrogens (tertiary/aromatic N) is 1. The fraction of sp³-hybridized carbons (Fsp3) is 0.632. The molecular formula is C19H27N3O2. The Labute approximate surface area is 143 Å². The molecule has 0 saturated carbocycles. The molecule has 1 fully saturated rings. The Morgan fingerprint density at radius 2 is 1.88 bits per heavy atom. The Morgan fingerprint density at radius 1 is 1.21 bits per heavy atom. The van der Waals surface area contributed by atoms with Crippen LogP contribution in [0.5, 0.6) is 0 Å². The molecule has 1 aliphatic carbocycles. The molecule has 5 nitrogen and oxygen atoms in total. The van der Waals surface area contributed by atoms with Crippen LogP contribution in [0.2, 0.25) is 0 Å². The lowest BCUT2D eigenvalue weighted by atomic mass is 9.83. The van der Waals surface area contributed by atoms with E-state index < -0.39 is 12.0 Å². The number of rotatable bonds is 2. The second-order valence-electron chi connectivity index (χ2n) is 7.64. The molecule has 1 aromatic rings. The van der Waals surface area contributed by atoms with Crippen molar-refractivity contribution >= 4 is 17.3 Å². The van der Waals surface area contributed by atoms with Crippen molar-refractivity contribution in [3.05, 3.63) is 23.3 Å². The smallest absolute Gasteiger partial charge is 0.326 e. The van der Waals surface area contributed by atoms with E-state index in [1.807, 2.05) is 6.92 Å². The number of carbonyl (C=O) groups is 1. The third kappa shape index (κ3) is 2.65. The Morgan fingerprint density at radius 3 is 2.54 bits per heavy atom. The van der Waals surface area contributed by atoms with E-state index >= 15 is 0 Å². The monoisotopic (exact) mass is 329 g/mol. The zero-order chi connectivity index (χ0) is 16.7. The number of fused-ring (bicyclic) bond motifs is 2. The van der Waals surface area contributed by atoms with Crippen LogP contribution < -0.4 is 15.5 Å². The van der Waals surface area contributed by atoms with Crippen LogP contribution in [0.4, 0.5) is 11.4 Å². The fourth-order valence-corrected chi connectivity index (χ4v) is 4.51. The summed E-state index contributed by atoms with van der Waals surface area (Å²) in [6.45, 7) is 4.56. The lowest BCUT2D eigenvalue weighted by Crippen LogP contribution is -2.60. The third-order valence-corrected chi connectivity index (χ3v) is 6.03. The highest BCUT2D eigenvalue weighted by Gasteiger charge is 2.41. The van der Waals surface area contributed by atoms with Crippen molar-refractivity contribution in [1.29, 1.82) is 0 Å². The Bertz CT molecular complexity index is 652. The molecule has 4 rings (SSSR count). The Kier molecular flexibility index (Phi) is 3.91. The quantitative estimate of drug-likeness (QED) is 0.777. The summed E-state index contributed by atoms with van der Waals surface area (Å²) in [6, 6.07) is 4.05. The Hall–Kier alpha value is -1.75. The van der Waals surface area contributed by atoms with Crippen molar-refractivity contribution in [2.75, 3.05) is 29.9 Å². The largest absolute Gasteiger partial charge is 0.480 e. The van der Waals surface area contributed by atoms with E-state index in [1.54, 1.807) is 0 Å². The fourth-order valence-electron chi connectivity index (χ4n) is 4.51. The van der Waals surface area contributed by atoms with Crippen LogP contribution in [0.3, 0.4) is 0 Å². The topological polar surface area (TPSA) is 64.6 Å². The second kappa shape index (κ2) is 5.96. The van der Waals surface area contributed by atoms with E-state index in [0.717, 1.165) is 56.7 Å². The number of carboxylic acids is 1. The highest BCUT2D eigenvalue weighted by Crippen LogP contribution is 2.42. The van der Waals surface area contributed by atoms with Gasteiger partial charge in [-0.1, -0.05) is 0 Å². The van der Waals surface area contributed by atoms with Gasteiger partial charge in [-0.3, -0.25) is 0 Å². The summed E-state index contributed by atoms with van der Waals surface area (Å²) in [5.74, 6) is -0.746. The molecule has 1 unspecified atom stereocenters. The molecule has 3 N–H and O–H groups in total. The number of aliphatic carboxylic acids is 1. The molecular weight excluding hydrogens is 302 g/mol. The van der Waals surface area contributed by atoms with Crippen LogP contribution in [-0.2, 0) is 17.6 Å². The maximum atomic E-state index is 11.7. The summed E-state index contributed by atoms with van der Waals surface area (Å²) in [5, 5.41) is 16.8. The highest BCUT2D eigenvalue weighted by molar-refractivity contribution is 5.84. The van der Waals surface area contributed by atoms with Gasteiger partial charge in [0.15, 0.2) is 0 Å². The van der Waals surface area contributed by atoms with Gasteiger partial charge in [-0.05, 0) is 81.8 Å². The molecule has 3 aliphatic rings. The van der Waals surface area contributed by atoms with Gasteiger partial charge in [-0.15, -0.1) is 0 Å². The zero-order valence-electron chi connectivity index (χ0n) is 14.4. The number of piperidine rings is 1. The number of carboxylic acid groups (broad SMARTS) is 1. The molecule has 1 atom stereocenters. The number of benzene rings is 1. The minimum atomic E-state index is -0.746. The summed E-state index contributed by atoms with van der Waals surface area (Å²) >= 11 is 0. The van der Waals surface area contributed by atoms with Crippen LogP contribution in [-0.4, -0.2) is 42.3 Å². The predicted octanol–water partition coefficient (Wildman–Crippen LogP) is 2.39.